The van der Waals surface area contributed by atoms with E-state index in [2.05, 4.69) is 77.3 Å². The van der Waals surface area contributed by atoms with Crippen molar-refractivity contribution in [2.24, 2.45) is 0 Å². The number of hydrogen-bond donors (Lipinski definition) is 0. The molecule has 0 saturated heterocycles. The van der Waals surface area contributed by atoms with E-state index in [1.54, 1.807) is 6.20 Å². The lowest BCUT2D eigenvalue weighted by Gasteiger charge is -2.26. The summed E-state index contributed by atoms with van der Waals surface area (Å²) in [4.78, 5) is 8.84. The van der Waals surface area contributed by atoms with Crippen LogP contribution in [-0.2, 0) is 12.0 Å². The maximum absolute atomic E-state index is 5.95. The number of nitrogens with zero attached hydrogens (tertiary/aromatic N) is 4. The number of ether oxygens (including phenoxy) is 1. The lowest BCUT2D eigenvalue weighted by atomic mass is 9.78. The van der Waals surface area contributed by atoms with Gasteiger partial charge in [-0.3, -0.25) is 0 Å². The predicted octanol–water partition coefficient (Wildman–Crippen LogP) is 5.52. The molecule has 0 saturated carbocycles. The molecule has 0 atom stereocenters. The summed E-state index contributed by atoms with van der Waals surface area (Å²) in [5.74, 6) is 1.39. The van der Waals surface area contributed by atoms with Gasteiger partial charge in [0.1, 0.15) is 17.4 Å². The summed E-state index contributed by atoms with van der Waals surface area (Å²) in [5.41, 5.74) is 4.54. The van der Waals surface area contributed by atoms with Crippen molar-refractivity contribution in [1.82, 2.24) is 20.2 Å². The monoisotopic (exact) mass is 416 g/mol. The average Bonchev–Trinajstić information content (AvgIpc) is 3.19. The van der Waals surface area contributed by atoms with Crippen molar-refractivity contribution in [2.45, 2.75) is 39.7 Å². The number of aromatic nitrogens is 4. The van der Waals surface area contributed by atoms with Gasteiger partial charge in [0.15, 0.2) is 10.8 Å². The minimum atomic E-state index is -0.0757. The van der Waals surface area contributed by atoms with E-state index < -0.39 is 0 Å². The van der Waals surface area contributed by atoms with Crippen LogP contribution >= 0.6 is 11.3 Å². The van der Waals surface area contributed by atoms with Gasteiger partial charge in [-0.05, 0) is 43.2 Å². The molecule has 4 rings (SSSR count). The van der Waals surface area contributed by atoms with Crippen LogP contribution in [-0.4, -0.2) is 20.2 Å². The van der Waals surface area contributed by atoms with Crippen LogP contribution in [0.2, 0.25) is 0 Å². The molecule has 0 unspecified atom stereocenters. The Bertz CT molecular complexity index is 1130. The molecule has 0 amide bonds. The molecule has 0 aliphatic rings. The van der Waals surface area contributed by atoms with Gasteiger partial charge in [-0.1, -0.05) is 67.1 Å². The van der Waals surface area contributed by atoms with Gasteiger partial charge < -0.3 is 4.74 Å². The zero-order chi connectivity index (χ0) is 21.1. The molecule has 0 bridgehead atoms. The molecule has 0 radical (unpaired) electrons. The first-order valence-electron chi connectivity index (χ1n) is 9.85. The first-order chi connectivity index (χ1) is 14.4. The number of rotatable bonds is 6. The van der Waals surface area contributed by atoms with Crippen molar-refractivity contribution < 1.29 is 4.74 Å². The fourth-order valence-electron chi connectivity index (χ4n) is 3.23. The molecule has 6 heteroatoms. The highest BCUT2D eigenvalue weighted by Gasteiger charge is 2.22. The van der Waals surface area contributed by atoms with E-state index in [-0.39, 0.29) is 5.41 Å². The highest BCUT2D eigenvalue weighted by atomic mass is 32.1. The Morgan fingerprint density at radius 1 is 0.867 bits per heavy atom. The third-order valence-corrected chi connectivity index (χ3v) is 6.00. The highest BCUT2D eigenvalue weighted by molar-refractivity contribution is 7.14. The van der Waals surface area contributed by atoms with E-state index in [4.69, 9.17) is 4.74 Å². The lowest BCUT2D eigenvalue weighted by molar-refractivity contribution is 0.301. The van der Waals surface area contributed by atoms with Gasteiger partial charge in [0, 0.05) is 11.6 Å². The van der Waals surface area contributed by atoms with Crippen LogP contribution < -0.4 is 4.74 Å². The number of aryl methyl sites for hydroxylation is 2. The predicted molar refractivity (Wildman–Crippen MR) is 120 cm³/mol. The summed E-state index contributed by atoms with van der Waals surface area (Å²) < 4.78 is 5.95. The van der Waals surface area contributed by atoms with E-state index >= 15 is 0 Å². The van der Waals surface area contributed by atoms with Crippen molar-refractivity contribution in [3.05, 3.63) is 88.2 Å². The van der Waals surface area contributed by atoms with Crippen LogP contribution in [0.5, 0.6) is 5.75 Å². The summed E-state index contributed by atoms with van der Waals surface area (Å²) in [7, 11) is 0. The lowest BCUT2D eigenvalue weighted by Crippen LogP contribution is -2.18. The third-order valence-electron chi connectivity index (χ3n) is 5.17. The van der Waals surface area contributed by atoms with Crippen LogP contribution in [0.4, 0.5) is 0 Å². The fraction of sp³-hybridized carbons (Fsp3) is 0.250. The zero-order valence-electron chi connectivity index (χ0n) is 17.6. The average molecular weight is 417 g/mol. The zero-order valence-corrected chi connectivity index (χ0v) is 18.4. The van der Waals surface area contributed by atoms with Crippen LogP contribution in [0.3, 0.4) is 0 Å². The smallest absolute Gasteiger partial charge is 0.191 e. The Morgan fingerprint density at radius 3 is 2.17 bits per heavy atom. The molecule has 0 aliphatic carbocycles. The van der Waals surface area contributed by atoms with Gasteiger partial charge in [0.2, 0.25) is 0 Å². The van der Waals surface area contributed by atoms with Crippen molar-refractivity contribution in [3.8, 4) is 16.6 Å². The Labute approximate surface area is 180 Å². The molecule has 0 fully saturated rings. The summed E-state index contributed by atoms with van der Waals surface area (Å²) in [6.45, 7) is 8.88. The second-order valence-electron chi connectivity index (χ2n) is 7.80. The topological polar surface area (TPSA) is 60.8 Å². The summed E-state index contributed by atoms with van der Waals surface area (Å²) in [6, 6.07) is 18.9. The second-order valence-corrected chi connectivity index (χ2v) is 8.98. The minimum Gasteiger partial charge on any atom is -0.487 e. The van der Waals surface area contributed by atoms with Gasteiger partial charge in [-0.15, -0.1) is 10.2 Å². The third kappa shape index (κ3) is 4.39. The maximum Gasteiger partial charge on any atom is 0.191 e. The maximum atomic E-state index is 5.95. The fourth-order valence-corrected chi connectivity index (χ4v) is 3.86. The van der Waals surface area contributed by atoms with E-state index in [1.807, 2.05) is 25.1 Å². The molecular weight excluding hydrogens is 392 g/mol. The Kier molecular flexibility index (Phi) is 5.59. The van der Waals surface area contributed by atoms with Crippen molar-refractivity contribution >= 4 is 11.3 Å². The van der Waals surface area contributed by atoms with Crippen LogP contribution in [0.1, 0.15) is 41.2 Å². The van der Waals surface area contributed by atoms with Gasteiger partial charge in [-0.25, -0.2) is 9.97 Å². The van der Waals surface area contributed by atoms with E-state index in [9.17, 15) is 0 Å². The van der Waals surface area contributed by atoms with Crippen LogP contribution in [0.15, 0.2) is 60.8 Å². The van der Waals surface area contributed by atoms with Gasteiger partial charge in [-0.2, -0.15) is 0 Å². The Morgan fingerprint density at radius 2 is 1.53 bits per heavy atom. The van der Waals surface area contributed by atoms with Crippen molar-refractivity contribution in [1.29, 1.82) is 0 Å². The molecule has 0 spiro atoms. The number of benzene rings is 2. The first-order valence-corrected chi connectivity index (χ1v) is 10.7. The quantitative estimate of drug-likeness (QED) is 0.414. The Hall–Kier alpha value is -3.12. The molecule has 2 aromatic heterocycles. The Balaban J connectivity index is 1.45. The van der Waals surface area contributed by atoms with Crippen molar-refractivity contribution in [3.63, 3.8) is 0 Å². The molecule has 2 aromatic carbocycles. The van der Waals surface area contributed by atoms with Gasteiger partial charge in [0.05, 0.1) is 5.69 Å². The van der Waals surface area contributed by atoms with Crippen LogP contribution in [0, 0.1) is 13.8 Å². The largest absolute Gasteiger partial charge is 0.487 e. The number of hydrogen-bond acceptors (Lipinski definition) is 6. The van der Waals surface area contributed by atoms with Gasteiger partial charge in [0.25, 0.3) is 0 Å². The molecular formula is C24H24N4OS. The normalized spacial score (nSPS) is 11.5. The molecule has 30 heavy (non-hydrogen) atoms. The van der Waals surface area contributed by atoms with Crippen molar-refractivity contribution in [2.75, 3.05) is 0 Å². The first kappa shape index (κ1) is 20.2. The summed E-state index contributed by atoms with van der Waals surface area (Å²) in [5, 5.41) is 9.75. The standard InChI is InChI=1S/C24H24N4OS/c1-16-5-7-18(8-6-16)24(3,4)19-9-11-21(12-10-19)29-15-20-13-14-25-22(26-20)23-28-27-17(2)30-23/h5-14H,15H2,1-4H3. The summed E-state index contributed by atoms with van der Waals surface area (Å²) in [6.07, 6.45) is 1.73. The van der Waals surface area contributed by atoms with E-state index in [0.717, 1.165) is 21.5 Å². The molecule has 152 valence electrons. The van der Waals surface area contributed by atoms with E-state index in [1.165, 1.54) is 28.0 Å². The van der Waals surface area contributed by atoms with Crippen LogP contribution in [0.25, 0.3) is 10.8 Å². The SMILES string of the molecule is Cc1ccc(C(C)(C)c2ccc(OCc3ccnc(-c4nnc(C)s4)n3)cc2)cc1. The molecule has 5 nitrogen and oxygen atoms in total. The summed E-state index contributed by atoms with van der Waals surface area (Å²) >= 11 is 1.48. The molecule has 4 aromatic rings. The second kappa shape index (κ2) is 8.32. The minimum absolute atomic E-state index is 0.0757. The highest BCUT2D eigenvalue weighted by Crippen LogP contribution is 2.32. The van der Waals surface area contributed by atoms with Gasteiger partial charge >= 0.3 is 0 Å². The van der Waals surface area contributed by atoms with E-state index in [0.29, 0.717) is 12.4 Å². The molecule has 0 N–H and O–H groups in total. The molecule has 2 heterocycles. The molecule has 0 aliphatic heterocycles.